The summed E-state index contributed by atoms with van der Waals surface area (Å²) in [6.45, 7) is 0. The summed E-state index contributed by atoms with van der Waals surface area (Å²) in [4.78, 5) is 12.2. The summed E-state index contributed by atoms with van der Waals surface area (Å²) in [5.41, 5.74) is 6.45. The number of para-hydroxylation sites is 1. The first kappa shape index (κ1) is 10.5. The molecule has 88 valence electrons. The van der Waals surface area contributed by atoms with Crippen molar-refractivity contribution in [3.63, 3.8) is 0 Å². The largest absolute Gasteiger partial charge is 0.436 e. The minimum absolute atomic E-state index is 0.321. The van der Waals surface area contributed by atoms with Gasteiger partial charge in [-0.05, 0) is 12.1 Å². The normalized spacial score (nSPS) is 10.4. The van der Waals surface area contributed by atoms with E-state index in [4.69, 9.17) is 10.5 Å². The van der Waals surface area contributed by atoms with E-state index in [0.717, 1.165) is 10.9 Å². The van der Waals surface area contributed by atoms with E-state index in [1.807, 2.05) is 30.3 Å². The van der Waals surface area contributed by atoms with Crippen molar-refractivity contribution in [2.45, 2.75) is 0 Å². The standard InChI is InChI=1S/C13H10N4O/c14-12-7-15-8-13(17-12)18-10-5-9-3-1-2-4-11(9)16-6-10/h1-8H,(H2,14,17). The van der Waals surface area contributed by atoms with Crippen LogP contribution < -0.4 is 10.5 Å². The third-order valence-electron chi connectivity index (χ3n) is 2.42. The quantitative estimate of drug-likeness (QED) is 0.742. The Morgan fingerprint density at radius 3 is 2.83 bits per heavy atom. The van der Waals surface area contributed by atoms with E-state index in [1.54, 1.807) is 6.20 Å². The number of aromatic nitrogens is 3. The Morgan fingerprint density at radius 1 is 1.06 bits per heavy atom. The Kier molecular flexibility index (Phi) is 2.49. The van der Waals surface area contributed by atoms with Gasteiger partial charge in [0, 0.05) is 5.39 Å². The molecule has 0 bridgehead atoms. The van der Waals surface area contributed by atoms with Gasteiger partial charge in [0.05, 0.1) is 24.1 Å². The van der Waals surface area contributed by atoms with Crippen LogP contribution in [0.25, 0.3) is 10.9 Å². The van der Waals surface area contributed by atoms with Crippen molar-refractivity contribution < 1.29 is 4.74 Å². The lowest BCUT2D eigenvalue weighted by Crippen LogP contribution is -1.95. The van der Waals surface area contributed by atoms with Crippen molar-refractivity contribution in [1.29, 1.82) is 0 Å². The van der Waals surface area contributed by atoms with Crippen molar-refractivity contribution in [2.75, 3.05) is 5.73 Å². The molecule has 3 rings (SSSR count). The highest BCUT2D eigenvalue weighted by Gasteiger charge is 2.02. The molecule has 5 heteroatoms. The molecule has 2 aromatic heterocycles. The summed E-state index contributed by atoms with van der Waals surface area (Å²) >= 11 is 0. The van der Waals surface area contributed by atoms with Crippen LogP contribution in [0.15, 0.2) is 48.9 Å². The van der Waals surface area contributed by atoms with E-state index >= 15 is 0 Å². The highest BCUT2D eigenvalue weighted by molar-refractivity contribution is 5.79. The SMILES string of the molecule is Nc1cncc(Oc2cnc3ccccc3c2)n1. The van der Waals surface area contributed by atoms with Gasteiger partial charge in [0.25, 0.3) is 0 Å². The number of anilines is 1. The van der Waals surface area contributed by atoms with Gasteiger partial charge in [-0.3, -0.25) is 9.97 Å². The molecule has 0 radical (unpaired) electrons. The fourth-order valence-corrected chi connectivity index (χ4v) is 1.64. The Bertz CT molecular complexity index is 699. The van der Waals surface area contributed by atoms with Crippen LogP contribution in [0.1, 0.15) is 0 Å². The second-order valence-electron chi connectivity index (χ2n) is 3.75. The molecule has 0 aliphatic heterocycles. The minimum atomic E-state index is 0.321. The van der Waals surface area contributed by atoms with Gasteiger partial charge in [0.1, 0.15) is 11.6 Å². The van der Waals surface area contributed by atoms with Crippen LogP contribution in [0.4, 0.5) is 5.82 Å². The number of fused-ring (bicyclic) bond motifs is 1. The molecule has 2 N–H and O–H groups in total. The molecule has 1 aromatic carbocycles. The summed E-state index contributed by atoms with van der Waals surface area (Å²) in [6, 6.07) is 9.71. The van der Waals surface area contributed by atoms with E-state index in [1.165, 1.54) is 12.4 Å². The fraction of sp³-hybridized carbons (Fsp3) is 0. The third kappa shape index (κ3) is 2.06. The Hall–Kier alpha value is -2.69. The average Bonchev–Trinajstić information content (AvgIpc) is 2.39. The first-order valence-corrected chi connectivity index (χ1v) is 5.41. The zero-order valence-electron chi connectivity index (χ0n) is 9.45. The van der Waals surface area contributed by atoms with Gasteiger partial charge in [-0.15, -0.1) is 0 Å². The van der Waals surface area contributed by atoms with E-state index in [9.17, 15) is 0 Å². The molecule has 0 aliphatic carbocycles. The molecule has 0 atom stereocenters. The highest BCUT2D eigenvalue weighted by Crippen LogP contribution is 2.22. The molecular weight excluding hydrogens is 228 g/mol. The number of pyridine rings is 1. The van der Waals surface area contributed by atoms with Crippen LogP contribution >= 0.6 is 0 Å². The highest BCUT2D eigenvalue weighted by atomic mass is 16.5. The van der Waals surface area contributed by atoms with Crippen LogP contribution in [-0.2, 0) is 0 Å². The van der Waals surface area contributed by atoms with Crippen LogP contribution in [-0.4, -0.2) is 15.0 Å². The number of hydrogen-bond acceptors (Lipinski definition) is 5. The van der Waals surface area contributed by atoms with Crippen molar-refractivity contribution in [3.8, 4) is 11.6 Å². The smallest absolute Gasteiger partial charge is 0.239 e. The average molecular weight is 238 g/mol. The van der Waals surface area contributed by atoms with Crippen LogP contribution in [0.2, 0.25) is 0 Å². The fourth-order valence-electron chi connectivity index (χ4n) is 1.64. The number of nitrogen functional groups attached to an aromatic ring is 1. The van der Waals surface area contributed by atoms with Gasteiger partial charge in [-0.1, -0.05) is 18.2 Å². The predicted molar refractivity (Wildman–Crippen MR) is 68.3 cm³/mol. The Balaban J connectivity index is 1.95. The first-order valence-electron chi connectivity index (χ1n) is 5.41. The van der Waals surface area contributed by atoms with Crippen molar-refractivity contribution in [3.05, 3.63) is 48.9 Å². The first-order chi connectivity index (χ1) is 8.81. The molecule has 18 heavy (non-hydrogen) atoms. The van der Waals surface area contributed by atoms with E-state index in [2.05, 4.69) is 15.0 Å². The molecule has 0 saturated carbocycles. The maximum atomic E-state index is 5.55. The zero-order valence-corrected chi connectivity index (χ0v) is 9.45. The summed E-state index contributed by atoms with van der Waals surface area (Å²) in [5.74, 6) is 1.28. The van der Waals surface area contributed by atoms with Crippen molar-refractivity contribution in [2.24, 2.45) is 0 Å². The van der Waals surface area contributed by atoms with Gasteiger partial charge in [0.2, 0.25) is 5.88 Å². The number of rotatable bonds is 2. The molecule has 3 aromatic rings. The van der Waals surface area contributed by atoms with Gasteiger partial charge < -0.3 is 10.5 Å². The molecule has 0 unspecified atom stereocenters. The van der Waals surface area contributed by atoms with E-state index in [0.29, 0.717) is 17.4 Å². The van der Waals surface area contributed by atoms with E-state index in [-0.39, 0.29) is 0 Å². The topological polar surface area (TPSA) is 73.9 Å². The van der Waals surface area contributed by atoms with Gasteiger partial charge in [-0.2, -0.15) is 4.98 Å². The van der Waals surface area contributed by atoms with Gasteiger partial charge in [-0.25, -0.2) is 0 Å². The molecule has 5 nitrogen and oxygen atoms in total. The molecular formula is C13H10N4O. The van der Waals surface area contributed by atoms with Gasteiger partial charge >= 0.3 is 0 Å². The lowest BCUT2D eigenvalue weighted by molar-refractivity contribution is 0.460. The van der Waals surface area contributed by atoms with Crippen molar-refractivity contribution >= 4 is 16.7 Å². The molecule has 0 fully saturated rings. The number of hydrogen-bond donors (Lipinski definition) is 1. The third-order valence-corrected chi connectivity index (χ3v) is 2.42. The second kappa shape index (κ2) is 4.29. The monoisotopic (exact) mass is 238 g/mol. The lowest BCUT2D eigenvalue weighted by Gasteiger charge is -2.05. The Labute approximate surface area is 103 Å². The molecule has 0 saturated heterocycles. The number of ether oxygens (including phenoxy) is 1. The summed E-state index contributed by atoms with van der Waals surface area (Å²) in [5, 5.41) is 1.01. The molecule has 2 heterocycles. The van der Waals surface area contributed by atoms with Crippen molar-refractivity contribution in [1.82, 2.24) is 15.0 Å². The second-order valence-corrected chi connectivity index (χ2v) is 3.75. The summed E-state index contributed by atoms with van der Waals surface area (Å²) in [6.07, 6.45) is 4.62. The van der Waals surface area contributed by atoms with Crippen LogP contribution in [0.3, 0.4) is 0 Å². The van der Waals surface area contributed by atoms with Crippen LogP contribution in [0.5, 0.6) is 11.6 Å². The number of nitrogens with two attached hydrogens (primary N) is 1. The summed E-state index contributed by atoms with van der Waals surface area (Å²) < 4.78 is 5.55. The summed E-state index contributed by atoms with van der Waals surface area (Å²) in [7, 11) is 0. The molecule has 0 spiro atoms. The Morgan fingerprint density at radius 2 is 1.94 bits per heavy atom. The number of benzene rings is 1. The maximum absolute atomic E-state index is 5.55. The number of nitrogens with zero attached hydrogens (tertiary/aromatic N) is 3. The van der Waals surface area contributed by atoms with Crippen LogP contribution in [0, 0.1) is 0 Å². The molecule has 0 amide bonds. The predicted octanol–water partition coefficient (Wildman–Crippen LogP) is 2.40. The lowest BCUT2D eigenvalue weighted by atomic mass is 10.2. The minimum Gasteiger partial charge on any atom is -0.436 e. The van der Waals surface area contributed by atoms with E-state index < -0.39 is 0 Å². The van der Waals surface area contributed by atoms with Gasteiger partial charge in [0.15, 0.2) is 0 Å². The maximum Gasteiger partial charge on any atom is 0.239 e. The zero-order chi connectivity index (χ0) is 12.4. The molecule has 0 aliphatic rings.